The molecule has 1 aliphatic carbocycles. The molecule has 1 aromatic rings. The molecule has 0 aromatic carbocycles. The molecule has 1 fully saturated rings. The smallest absolute Gasteiger partial charge is 0.0931 e. The first-order valence-electron chi connectivity index (χ1n) is 4.69. The quantitative estimate of drug-likeness (QED) is 0.765. The Kier molecular flexibility index (Phi) is 2.63. The van der Waals surface area contributed by atoms with Gasteiger partial charge in [-0.15, -0.1) is 11.3 Å². The summed E-state index contributed by atoms with van der Waals surface area (Å²) in [5, 5.41) is 0. The minimum absolute atomic E-state index is 0.380. The Morgan fingerprint density at radius 1 is 1.46 bits per heavy atom. The first-order valence-corrected chi connectivity index (χ1v) is 5.88. The van der Waals surface area contributed by atoms with Crippen LogP contribution in [0.3, 0.4) is 0 Å². The average molecular weight is 216 g/mol. The first kappa shape index (κ1) is 9.50. The van der Waals surface area contributed by atoms with E-state index in [1.54, 1.807) is 11.3 Å². The van der Waals surface area contributed by atoms with E-state index in [9.17, 15) is 0 Å². The summed E-state index contributed by atoms with van der Waals surface area (Å²) in [4.78, 5) is 1.41. The van der Waals surface area contributed by atoms with Gasteiger partial charge in [0.15, 0.2) is 0 Å². The SMILES string of the molecule is CC1C(N)CCC1c1ccc(Cl)s1. The number of rotatable bonds is 1. The number of thiophene rings is 1. The molecule has 0 saturated heterocycles. The van der Waals surface area contributed by atoms with Gasteiger partial charge in [0, 0.05) is 10.9 Å². The fraction of sp³-hybridized carbons (Fsp3) is 0.600. The van der Waals surface area contributed by atoms with E-state index in [0.29, 0.717) is 17.9 Å². The average Bonchev–Trinajstić information content (AvgIpc) is 2.62. The summed E-state index contributed by atoms with van der Waals surface area (Å²) in [6.45, 7) is 2.25. The summed E-state index contributed by atoms with van der Waals surface area (Å²) in [5.41, 5.74) is 5.98. The Morgan fingerprint density at radius 2 is 2.23 bits per heavy atom. The highest BCUT2D eigenvalue weighted by molar-refractivity contribution is 7.16. The van der Waals surface area contributed by atoms with E-state index in [0.717, 1.165) is 10.8 Å². The molecule has 3 heteroatoms. The van der Waals surface area contributed by atoms with E-state index in [1.807, 2.05) is 6.07 Å². The van der Waals surface area contributed by atoms with Crippen LogP contribution in [-0.2, 0) is 0 Å². The molecule has 0 bridgehead atoms. The fourth-order valence-corrected chi connectivity index (χ4v) is 3.44. The van der Waals surface area contributed by atoms with Gasteiger partial charge in [0.25, 0.3) is 0 Å². The summed E-state index contributed by atoms with van der Waals surface area (Å²) >= 11 is 7.61. The molecule has 1 aliphatic rings. The van der Waals surface area contributed by atoms with Gasteiger partial charge in [0.1, 0.15) is 0 Å². The molecule has 2 rings (SSSR count). The van der Waals surface area contributed by atoms with Gasteiger partial charge >= 0.3 is 0 Å². The van der Waals surface area contributed by atoms with Crippen LogP contribution >= 0.6 is 22.9 Å². The zero-order valence-corrected chi connectivity index (χ0v) is 9.24. The second-order valence-electron chi connectivity index (χ2n) is 3.85. The molecule has 1 saturated carbocycles. The first-order chi connectivity index (χ1) is 6.18. The van der Waals surface area contributed by atoms with Crippen molar-refractivity contribution >= 4 is 22.9 Å². The topological polar surface area (TPSA) is 26.0 Å². The van der Waals surface area contributed by atoms with Crippen molar-refractivity contribution in [3.05, 3.63) is 21.3 Å². The molecule has 1 nitrogen and oxygen atoms in total. The summed E-state index contributed by atoms with van der Waals surface area (Å²) in [7, 11) is 0. The van der Waals surface area contributed by atoms with Gasteiger partial charge in [-0.25, -0.2) is 0 Å². The zero-order chi connectivity index (χ0) is 9.42. The maximum Gasteiger partial charge on any atom is 0.0931 e. The third-order valence-electron chi connectivity index (χ3n) is 3.08. The highest BCUT2D eigenvalue weighted by Gasteiger charge is 2.31. The Labute approximate surface area is 87.9 Å². The molecule has 2 N–H and O–H groups in total. The lowest BCUT2D eigenvalue weighted by Gasteiger charge is -2.16. The Balaban J connectivity index is 2.18. The van der Waals surface area contributed by atoms with Crippen LogP contribution in [0.1, 0.15) is 30.6 Å². The third-order valence-corrected chi connectivity index (χ3v) is 4.44. The maximum absolute atomic E-state index is 5.98. The summed E-state index contributed by atoms with van der Waals surface area (Å²) in [6.07, 6.45) is 2.38. The van der Waals surface area contributed by atoms with Crippen LogP contribution in [0.15, 0.2) is 12.1 Å². The second-order valence-corrected chi connectivity index (χ2v) is 5.60. The van der Waals surface area contributed by atoms with Gasteiger partial charge in [0.05, 0.1) is 4.34 Å². The van der Waals surface area contributed by atoms with Crippen molar-refractivity contribution in [2.24, 2.45) is 11.7 Å². The number of halogens is 1. The van der Waals surface area contributed by atoms with Crippen molar-refractivity contribution in [2.45, 2.75) is 31.7 Å². The Hall–Kier alpha value is -0.0500. The minimum Gasteiger partial charge on any atom is -0.327 e. The Bertz CT molecular complexity index is 297. The largest absolute Gasteiger partial charge is 0.327 e. The van der Waals surface area contributed by atoms with Crippen LogP contribution in [0, 0.1) is 5.92 Å². The van der Waals surface area contributed by atoms with Crippen molar-refractivity contribution in [1.82, 2.24) is 0 Å². The van der Waals surface area contributed by atoms with E-state index in [2.05, 4.69) is 13.0 Å². The van der Waals surface area contributed by atoms with Crippen LogP contribution in [0.4, 0.5) is 0 Å². The summed E-state index contributed by atoms with van der Waals surface area (Å²) < 4.78 is 0.891. The van der Waals surface area contributed by atoms with E-state index < -0.39 is 0 Å². The maximum atomic E-state index is 5.98. The van der Waals surface area contributed by atoms with Crippen molar-refractivity contribution in [1.29, 1.82) is 0 Å². The zero-order valence-electron chi connectivity index (χ0n) is 7.66. The second kappa shape index (κ2) is 3.60. The van der Waals surface area contributed by atoms with Crippen LogP contribution in [0.25, 0.3) is 0 Å². The van der Waals surface area contributed by atoms with Gasteiger partial charge in [-0.3, -0.25) is 0 Å². The normalized spacial score (nSPS) is 33.9. The van der Waals surface area contributed by atoms with Gasteiger partial charge in [-0.05, 0) is 36.8 Å². The van der Waals surface area contributed by atoms with Gasteiger partial charge < -0.3 is 5.73 Å². The highest BCUT2D eigenvalue weighted by Crippen LogP contribution is 2.42. The lowest BCUT2D eigenvalue weighted by Crippen LogP contribution is -2.24. The number of hydrogen-bond acceptors (Lipinski definition) is 2. The monoisotopic (exact) mass is 215 g/mol. The lowest BCUT2D eigenvalue weighted by molar-refractivity contribution is 0.484. The molecule has 0 radical (unpaired) electrons. The Morgan fingerprint density at radius 3 is 2.69 bits per heavy atom. The molecule has 72 valence electrons. The molecular weight excluding hydrogens is 202 g/mol. The van der Waals surface area contributed by atoms with E-state index in [4.69, 9.17) is 17.3 Å². The lowest BCUT2D eigenvalue weighted by atomic mass is 9.95. The van der Waals surface area contributed by atoms with Crippen LogP contribution in [0.2, 0.25) is 4.34 Å². The molecule has 3 atom stereocenters. The molecular formula is C10H14ClNS. The van der Waals surface area contributed by atoms with Crippen LogP contribution in [-0.4, -0.2) is 6.04 Å². The number of hydrogen-bond donors (Lipinski definition) is 1. The molecule has 13 heavy (non-hydrogen) atoms. The molecule has 1 heterocycles. The molecule has 3 unspecified atom stereocenters. The van der Waals surface area contributed by atoms with Crippen LogP contribution in [0.5, 0.6) is 0 Å². The van der Waals surface area contributed by atoms with Gasteiger partial charge in [-0.1, -0.05) is 18.5 Å². The van der Waals surface area contributed by atoms with Crippen molar-refractivity contribution in [3.8, 4) is 0 Å². The van der Waals surface area contributed by atoms with E-state index in [1.165, 1.54) is 11.3 Å². The summed E-state index contributed by atoms with van der Waals surface area (Å²) in [6, 6.07) is 4.51. The van der Waals surface area contributed by atoms with Gasteiger partial charge in [0.2, 0.25) is 0 Å². The van der Waals surface area contributed by atoms with Crippen molar-refractivity contribution < 1.29 is 0 Å². The van der Waals surface area contributed by atoms with Crippen molar-refractivity contribution in [2.75, 3.05) is 0 Å². The molecule has 0 aliphatic heterocycles. The predicted molar refractivity (Wildman–Crippen MR) is 58.4 cm³/mol. The van der Waals surface area contributed by atoms with Crippen LogP contribution < -0.4 is 5.73 Å². The fourth-order valence-electron chi connectivity index (χ4n) is 2.13. The highest BCUT2D eigenvalue weighted by atomic mass is 35.5. The summed E-state index contributed by atoms with van der Waals surface area (Å²) in [5.74, 6) is 1.25. The minimum atomic E-state index is 0.380. The molecule has 1 aromatic heterocycles. The predicted octanol–water partition coefficient (Wildman–Crippen LogP) is 3.24. The van der Waals surface area contributed by atoms with Crippen molar-refractivity contribution in [3.63, 3.8) is 0 Å². The molecule has 0 amide bonds. The molecule has 0 spiro atoms. The van der Waals surface area contributed by atoms with E-state index >= 15 is 0 Å². The third kappa shape index (κ3) is 1.76. The van der Waals surface area contributed by atoms with Gasteiger partial charge in [-0.2, -0.15) is 0 Å². The van der Waals surface area contributed by atoms with E-state index in [-0.39, 0.29) is 0 Å². The number of nitrogens with two attached hydrogens (primary N) is 1. The standard InChI is InChI=1S/C10H14ClNS/c1-6-7(2-3-8(6)12)9-4-5-10(11)13-9/h4-8H,2-3,12H2,1H3.